The van der Waals surface area contributed by atoms with Crippen LogP contribution in [0.25, 0.3) is 0 Å². The van der Waals surface area contributed by atoms with Crippen LogP contribution < -0.4 is 16.4 Å². The lowest BCUT2D eigenvalue weighted by Gasteiger charge is -2.46. The molecule has 0 aliphatic carbocycles. The molecule has 0 aromatic heterocycles. The maximum atomic E-state index is 13.0. The summed E-state index contributed by atoms with van der Waals surface area (Å²) in [7, 11) is 0. The number of nitrogens with two attached hydrogens (primary N) is 1. The summed E-state index contributed by atoms with van der Waals surface area (Å²) in [6.45, 7) is 6.69. The summed E-state index contributed by atoms with van der Waals surface area (Å²) in [6, 6.07) is -3.06. The summed E-state index contributed by atoms with van der Waals surface area (Å²) in [5, 5.41) is 124. The average Bonchev–Trinajstić information content (AvgIpc) is 3.29. The van der Waals surface area contributed by atoms with Crippen molar-refractivity contribution in [2.24, 2.45) is 17.6 Å². The Kier molecular flexibility index (Phi) is 26.9. The molecule has 15 N–H and O–H groups in total. The first kappa shape index (κ1) is 60.6. The van der Waals surface area contributed by atoms with Gasteiger partial charge in [-0.2, -0.15) is 0 Å². The number of hydrogen-bond donors (Lipinski definition) is 14. The van der Waals surface area contributed by atoms with E-state index in [-0.39, 0.29) is 51.2 Å². The number of allylic oxidation sites excluding steroid dienone is 12. The van der Waals surface area contributed by atoms with Crippen LogP contribution in [-0.2, 0) is 23.7 Å². The third kappa shape index (κ3) is 21.2. The predicted molar refractivity (Wildman–Crippen MR) is 258 cm³/mol. The normalized spacial score (nSPS) is 43.0. The Morgan fingerprint density at radius 3 is 1.93 bits per heavy atom. The van der Waals surface area contributed by atoms with Gasteiger partial charge >= 0.3 is 12.0 Å². The molecule has 2 amide bonds. The number of carbonyl (C=O) groups is 2. The van der Waals surface area contributed by atoms with Gasteiger partial charge in [0.25, 0.3) is 0 Å². The molecule has 1 unspecified atom stereocenters. The molecule has 2 fully saturated rings. The van der Waals surface area contributed by atoms with E-state index in [1.54, 1.807) is 75.5 Å². The Labute approximate surface area is 411 Å². The third-order valence-corrected chi connectivity index (χ3v) is 12.7. The number of rotatable bonds is 6. The summed E-state index contributed by atoms with van der Waals surface area (Å²) < 4.78 is 23.7. The molecular formula is C50H81N3O17. The SMILES string of the molecule is CC1OC(=O)C[C@H](O)C[C@H](O)CC[C@@H](O)[C@H](O)C[C@H](O)C[C@]2(O)C[C@H](O)[C@@H](NC(=O)NCCCO)[C@H](C[C@@H](O[C@@H]3O[C@H](C)[C@@H](O)[C@H](N)[C@@H]3O)/C=C/C=C/C=C/C=C/C=C/C=C/C=C/[C@H](C)[C@@H](O)[C@H]1C)O2. The van der Waals surface area contributed by atoms with E-state index in [0.29, 0.717) is 0 Å². The molecule has 3 aliphatic heterocycles. The number of urea groups is 1. The minimum atomic E-state index is -2.27. The number of nitrogens with one attached hydrogen (secondary N) is 2. The lowest BCUT2D eigenvalue weighted by molar-refractivity contribution is -0.303. The zero-order valence-electron chi connectivity index (χ0n) is 40.7. The summed E-state index contributed by atoms with van der Waals surface area (Å²) in [4.78, 5) is 25.7. The summed E-state index contributed by atoms with van der Waals surface area (Å²) in [5.41, 5.74) is 6.09. The summed E-state index contributed by atoms with van der Waals surface area (Å²) >= 11 is 0. The van der Waals surface area contributed by atoms with Gasteiger partial charge in [-0.15, -0.1) is 0 Å². The van der Waals surface area contributed by atoms with Gasteiger partial charge in [-0.25, -0.2) is 4.79 Å². The first-order valence-electron chi connectivity index (χ1n) is 24.3. The van der Waals surface area contributed by atoms with Crippen LogP contribution >= 0.6 is 0 Å². The highest BCUT2D eigenvalue weighted by molar-refractivity contribution is 5.74. The van der Waals surface area contributed by atoms with Crippen molar-refractivity contribution >= 4 is 12.0 Å². The highest BCUT2D eigenvalue weighted by Crippen LogP contribution is 2.35. The van der Waals surface area contributed by atoms with Crippen molar-refractivity contribution in [1.29, 1.82) is 0 Å². The van der Waals surface area contributed by atoms with Crippen LogP contribution in [-0.4, -0.2) is 185 Å². The van der Waals surface area contributed by atoms with Crippen molar-refractivity contribution in [3.8, 4) is 0 Å². The van der Waals surface area contributed by atoms with Crippen LogP contribution in [0.3, 0.4) is 0 Å². The van der Waals surface area contributed by atoms with Crippen LogP contribution in [0.15, 0.2) is 85.1 Å². The molecule has 0 saturated carbocycles. The minimum Gasteiger partial charge on any atom is -0.462 e. The monoisotopic (exact) mass is 996 g/mol. The highest BCUT2D eigenvalue weighted by atomic mass is 16.7. The van der Waals surface area contributed by atoms with Gasteiger partial charge in [0.2, 0.25) is 0 Å². The van der Waals surface area contributed by atoms with Crippen molar-refractivity contribution in [3.63, 3.8) is 0 Å². The molecule has 2 saturated heterocycles. The van der Waals surface area contributed by atoms with E-state index in [1.807, 2.05) is 37.3 Å². The van der Waals surface area contributed by atoms with Crippen LogP contribution in [0, 0.1) is 11.8 Å². The Bertz CT molecular complexity index is 1760. The van der Waals surface area contributed by atoms with Crippen LogP contribution in [0.5, 0.6) is 0 Å². The molecule has 3 rings (SSSR count). The van der Waals surface area contributed by atoms with Gasteiger partial charge in [0.15, 0.2) is 12.1 Å². The number of amides is 2. The van der Waals surface area contributed by atoms with Gasteiger partial charge in [-0.05, 0) is 39.5 Å². The predicted octanol–water partition coefficient (Wildman–Crippen LogP) is 0.0611. The maximum absolute atomic E-state index is 13.0. The van der Waals surface area contributed by atoms with Gasteiger partial charge in [-0.3, -0.25) is 4.79 Å². The number of cyclic esters (lactones) is 1. The third-order valence-electron chi connectivity index (χ3n) is 12.7. The van der Waals surface area contributed by atoms with E-state index in [4.69, 9.17) is 24.7 Å². The molecule has 2 bridgehead atoms. The molecule has 0 radical (unpaired) electrons. The highest BCUT2D eigenvalue weighted by Gasteiger charge is 2.49. The Hall–Kier alpha value is -3.68. The number of carbonyl (C=O) groups excluding carboxylic acids is 2. The zero-order chi connectivity index (χ0) is 52.0. The molecule has 20 nitrogen and oxygen atoms in total. The second-order valence-corrected chi connectivity index (χ2v) is 18.7. The molecule has 398 valence electrons. The zero-order valence-corrected chi connectivity index (χ0v) is 40.7. The molecule has 3 heterocycles. The van der Waals surface area contributed by atoms with Gasteiger partial charge in [0.1, 0.15) is 12.2 Å². The summed E-state index contributed by atoms with van der Waals surface area (Å²) in [5.74, 6) is -3.74. The van der Waals surface area contributed by atoms with E-state index >= 15 is 0 Å². The molecule has 70 heavy (non-hydrogen) atoms. The van der Waals surface area contributed by atoms with Gasteiger partial charge in [0, 0.05) is 50.7 Å². The van der Waals surface area contributed by atoms with Crippen molar-refractivity contribution in [2.45, 2.75) is 189 Å². The number of aliphatic hydroxyl groups excluding tert-OH is 10. The molecule has 0 spiro atoms. The lowest BCUT2D eigenvalue weighted by atomic mass is 9.87. The van der Waals surface area contributed by atoms with Crippen molar-refractivity contribution in [1.82, 2.24) is 10.6 Å². The standard InChI is InChI=1S/C50H81N3O17/c1-30-18-15-13-11-9-7-5-6-8-10-12-14-16-19-37(69-48-47(64)43(51)46(63)33(4)68-48)27-41-44(53-49(65)52-22-17-23-54)40(60)29-50(66,70-41)28-36(57)25-39(59)38(58)21-20-34(55)24-35(56)26-42(61)67-32(3)31(2)45(30)62/h5-16,18-19,30-41,43-48,54-60,62-64,66H,17,20-29,51H2,1-4H3,(H2,52,53,65)/b6-5+,9-7+,10-8+,13-11+,14-12+,18-15+,19-16+/t30-,31-,32?,33+,34+,35+,36-,37-,38+,39+,40-,41-,43-,44+,45+,46+,47-,48-,50+/m0/s1. The number of esters is 1. The molecule has 19 atom stereocenters. The summed E-state index contributed by atoms with van der Waals surface area (Å²) in [6.07, 6.45) is 4.85. The van der Waals surface area contributed by atoms with E-state index in [1.165, 1.54) is 0 Å². The average molecular weight is 996 g/mol. The number of ether oxygens (including phenoxy) is 4. The molecule has 3 aliphatic rings. The molecular weight excluding hydrogens is 915 g/mol. The molecule has 0 aromatic rings. The minimum absolute atomic E-state index is 0.0990. The first-order chi connectivity index (χ1) is 33.1. The smallest absolute Gasteiger partial charge is 0.315 e. The number of hydrogen-bond acceptors (Lipinski definition) is 18. The van der Waals surface area contributed by atoms with Crippen LogP contribution in [0.1, 0.15) is 85.5 Å². The quantitative estimate of drug-likeness (QED) is 0.124. The van der Waals surface area contributed by atoms with E-state index < -0.39 is 147 Å². The number of aliphatic hydroxyl groups is 11. The van der Waals surface area contributed by atoms with Crippen molar-refractivity contribution < 1.29 is 84.7 Å². The Balaban J connectivity index is 1.92. The van der Waals surface area contributed by atoms with E-state index in [9.17, 15) is 65.8 Å². The largest absolute Gasteiger partial charge is 0.462 e. The fraction of sp³-hybridized carbons (Fsp3) is 0.680. The molecule has 0 aromatic carbocycles. The van der Waals surface area contributed by atoms with E-state index in [2.05, 4.69) is 10.6 Å². The second-order valence-electron chi connectivity index (χ2n) is 18.7. The second kappa shape index (κ2) is 31.0. The van der Waals surface area contributed by atoms with Crippen LogP contribution in [0.2, 0.25) is 0 Å². The van der Waals surface area contributed by atoms with E-state index in [0.717, 1.165) is 0 Å². The van der Waals surface area contributed by atoms with Gasteiger partial charge in [0.05, 0.1) is 85.6 Å². The van der Waals surface area contributed by atoms with Gasteiger partial charge < -0.3 is 91.5 Å². The first-order valence-corrected chi connectivity index (χ1v) is 24.3. The number of fused-ring (bicyclic) bond motifs is 2. The van der Waals surface area contributed by atoms with Crippen molar-refractivity contribution in [2.75, 3.05) is 13.2 Å². The van der Waals surface area contributed by atoms with Crippen molar-refractivity contribution in [3.05, 3.63) is 85.1 Å². The maximum Gasteiger partial charge on any atom is 0.315 e. The topological polar surface area (TPSA) is 344 Å². The Morgan fingerprint density at radius 1 is 0.714 bits per heavy atom. The Morgan fingerprint density at radius 2 is 1.31 bits per heavy atom. The lowest BCUT2D eigenvalue weighted by Crippen LogP contribution is -2.64. The fourth-order valence-corrected chi connectivity index (χ4v) is 8.32. The van der Waals surface area contributed by atoms with Crippen LogP contribution in [0.4, 0.5) is 4.79 Å². The molecule has 20 heteroatoms. The fourth-order valence-electron chi connectivity index (χ4n) is 8.32. The van der Waals surface area contributed by atoms with Gasteiger partial charge in [-0.1, -0.05) is 98.9 Å².